The van der Waals surface area contributed by atoms with E-state index in [1.165, 1.54) is 6.33 Å². The first-order valence-corrected chi connectivity index (χ1v) is 11.1. The number of rotatable bonds is 9. The van der Waals surface area contributed by atoms with Crippen LogP contribution >= 0.6 is 11.6 Å². The number of anilines is 1. The number of aromatic nitrogens is 2. The number of carbonyl (C=O) groups is 2. The van der Waals surface area contributed by atoms with Crippen molar-refractivity contribution in [2.75, 3.05) is 5.32 Å². The number of aromatic amines is 1. The summed E-state index contributed by atoms with van der Waals surface area (Å²) in [6.07, 6.45) is 3.56. The van der Waals surface area contributed by atoms with Crippen molar-refractivity contribution in [3.63, 3.8) is 0 Å². The molecule has 8 heteroatoms. The highest BCUT2D eigenvalue weighted by Crippen LogP contribution is 2.24. The number of amides is 2. The Bertz CT molecular complexity index is 1210. The van der Waals surface area contributed by atoms with E-state index in [1.54, 1.807) is 54.7 Å². The highest BCUT2D eigenvalue weighted by atomic mass is 35.5. The molecule has 0 saturated carbocycles. The summed E-state index contributed by atoms with van der Waals surface area (Å²) in [6, 6.07) is 22.9. The van der Waals surface area contributed by atoms with Crippen molar-refractivity contribution in [2.45, 2.75) is 18.9 Å². The third-order valence-electron chi connectivity index (χ3n) is 5.01. The second-order valence-corrected chi connectivity index (χ2v) is 8.07. The third kappa shape index (κ3) is 6.70. The lowest BCUT2D eigenvalue weighted by Crippen LogP contribution is -2.45. The Morgan fingerprint density at radius 3 is 2.26 bits per heavy atom. The van der Waals surface area contributed by atoms with E-state index in [0.29, 0.717) is 34.3 Å². The van der Waals surface area contributed by atoms with E-state index in [4.69, 9.17) is 16.3 Å². The fourth-order valence-electron chi connectivity index (χ4n) is 3.33. The van der Waals surface area contributed by atoms with Crippen molar-refractivity contribution in [3.8, 4) is 11.5 Å². The quantitative estimate of drug-likeness (QED) is 0.326. The van der Waals surface area contributed by atoms with Crippen LogP contribution < -0.4 is 15.4 Å². The van der Waals surface area contributed by atoms with Crippen molar-refractivity contribution in [1.29, 1.82) is 0 Å². The van der Waals surface area contributed by atoms with Crippen LogP contribution in [-0.4, -0.2) is 27.8 Å². The summed E-state index contributed by atoms with van der Waals surface area (Å²) < 4.78 is 5.79. The average molecular weight is 475 g/mol. The Kier molecular flexibility index (Phi) is 7.57. The fourth-order valence-corrected chi connectivity index (χ4v) is 3.46. The SMILES string of the molecule is O=C(Cc1cnc[nH]1)NC(Cc1ccccc1)C(=O)Nc1ccc(Oc2ccc(Cl)cc2)cc1. The molecule has 1 aromatic heterocycles. The van der Waals surface area contributed by atoms with Crippen LogP contribution in [0.1, 0.15) is 11.3 Å². The lowest BCUT2D eigenvalue weighted by Gasteiger charge is -2.19. The van der Waals surface area contributed by atoms with Gasteiger partial charge in [0.2, 0.25) is 11.8 Å². The van der Waals surface area contributed by atoms with Crippen LogP contribution in [0.25, 0.3) is 0 Å². The van der Waals surface area contributed by atoms with Crippen molar-refractivity contribution in [2.24, 2.45) is 0 Å². The number of halogens is 1. The molecule has 0 spiro atoms. The average Bonchev–Trinajstić information content (AvgIpc) is 3.35. The maximum absolute atomic E-state index is 13.1. The summed E-state index contributed by atoms with van der Waals surface area (Å²) in [6.45, 7) is 0. The molecule has 3 aromatic carbocycles. The number of H-pyrrole nitrogens is 1. The summed E-state index contributed by atoms with van der Waals surface area (Å²) in [4.78, 5) is 32.4. The lowest BCUT2D eigenvalue weighted by molar-refractivity contribution is -0.126. The van der Waals surface area contributed by atoms with Crippen molar-refractivity contribution in [3.05, 3.63) is 108 Å². The maximum atomic E-state index is 13.1. The van der Waals surface area contributed by atoms with Gasteiger partial charge in [-0.25, -0.2) is 4.98 Å². The summed E-state index contributed by atoms with van der Waals surface area (Å²) in [7, 11) is 0. The number of hydrogen-bond acceptors (Lipinski definition) is 4. The molecule has 0 aliphatic heterocycles. The summed E-state index contributed by atoms with van der Waals surface area (Å²) in [5.41, 5.74) is 2.21. The Morgan fingerprint density at radius 2 is 1.62 bits per heavy atom. The standard InChI is InChI=1S/C26H23ClN4O3/c27-19-6-10-22(11-7-19)34-23-12-8-20(9-13-23)30-26(33)24(14-18-4-2-1-3-5-18)31-25(32)15-21-16-28-17-29-21/h1-13,16-17,24H,14-15H2,(H,28,29)(H,30,33)(H,31,32). The molecule has 0 saturated heterocycles. The van der Waals surface area contributed by atoms with Crippen LogP contribution in [0.3, 0.4) is 0 Å². The zero-order valence-corrected chi connectivity index (χ0v) is 19.0. The van der Waals surface area contributed by atoms with Crippen molar-refractivity contribution < 1.29 is 14.3 Å². The first-order valence-electron chi connectivity index (χ1n) is 10.7. The largest absolute Gasteiger partial charge is 0.457 e. The molecule has 0 fully saturated rings. The molecule has 0 aliphatic rings. The van der Waals surface area contributed by atoms with Gasteiger partial charge in [-0.3, -0.25) is 9.59 Å². The monoisotopic (exact) mass is 474 g/mol. The molecule has 7 nitrogen and oxygen atoms in total. The molecular formula is C26H23ClN4O3. The number of hydrogen-bond donors (Lipinski definition) is 3. The van der Waals surface area contributed by atoms with Gasteiger partial charge in [-0.2, -0.15) is 0 Å². The van der Waals surface area contributed by atoms with Gasteiger partial charge in [0.25, 0.3) is 0 Å². The van der Waals surface area contributed by atoms with Crippen molar-refractivity contribution >= 4 is 29.1 Å². The van der Waals surface area contributed by atoms with Crippen LogP contribution in [0, 0.1) is 0 Å². The van der Waals surface area contributed by atoms with Gasteiger partial charge in [0.05, 0.1) is 12.7 Å². The Balaban J connectivity index is 1.41. The zero-order chi connectivity index (χ0) is 23.8. The number of nitrogens with one attached hydrogen (secondary N) is 3. The lowest BCUT2D eigenvalue weighted by atomic mass is 10.0. The number of imidazole rings is 1. The van der Waals surface area contributed by atoms with Gasteiger partial charge >= 0.3 is 0 Å². The Labute approximate surface area is 202 Å². The smallest absolute Gasteiger partial charge is 0.247 e. The molecule has 3 N–H and O–H groups in total. The molecule has 4 rings (SSSR count). The second kappa shape index (κ2) is 11.2. The van der Waals surface area contributed by atoms with E-state index >= 15 is 0 Å². The molecule has 0 bridgehead atoms. The molecule has 34 heavy (non-hydrogen) atoms. The number of nitrogens with zero attached hydrogens (tertiary/aromatic N) is 1. The third-order valence-corrected chi connectivity index (χ3v) is 5.26. The van der Waals surface area contributed by atoms with Gasteiger partial charge in [0, 0.05) is 29.0 Å². The maximum Gasteiger partial charge on any atom is 0.247 e. The minimum atomic E-state index is -0.747. The van der Waals surface area contributed by atoms with Gasteiger partial charge in [0.1, 0.15) is 17.5 Å². The molecule has 172 valence electrons. The van der Waals surface area contributed by atoms with Gasteiger partial charge in [-0.15, -0.1) is 0 Å². The topological polar surface area (TPSA) is 96.1 Å². The highest BCUT2D eigenvalue weighted by Gasteiger charge is 2.22. The van der Waals surface area contributed by atoms with Gasteiger partial charge in [-0.1, -0.05) is 41.9 Å². The molecule has 1 unspecified atom stereocenters. The Morgan fingerprint density at radius 1 is 0.941 bits per heavy atom. The summed E-state index contributed by atoms with van der Waals surface area (Å²) in [5, 5.41) is 6.35. The minimum absolute atomic E-state index is 0.106. The van der Waals surface area contributed by atoms with E-state index in [1.807, 2.05) is 30.3 Å². The highest BCUT2D eigenvalue weighted by molar-refractivity contribution is 6.30. The van der Waals surface area contributed by atoms with Crippen LogP contribution in [0.2, 0.25) is 5.02 Å². The van der Waals surface area contributed by atoms with E-state index in [-0.39, 0.29) is 18.2 Å². The zero-order valence-electron chi connectivity index (χ0n) is 18.2. The van der Waals surface area contributed by atoms with Crippen molar-refractivity contribution in [1.82, 2.24) is 15.3 Å². The molecular weight excluding hydrogens is 452 g/mol. The molecule has 0 aliphatic carbocycles. The summed E-state index contributed by atoms with van der Waals surface area (Å²) >= 11 is 5.90. The van der Waals surface area contributed by atoms with Crippen LogP contribution in [0.5, 0.6) is 11.5 Å². The number of ether oxygens (including phenoxy) is 1. The second-order valence-electron chi connectivity index (χ2n) is 7.63. The minimum Gasteiger partial charge on any atom is -0.457 e. The normalized spacial score (nSPS) is 11.4. The first kappa shape index (κ1) is 23.1. The predicted molar refractivity (Wildman–Crippen MR) is 131 cm³/mol. The number of carbonyl (C=O) groups excluding carboxylic acids is 2. The molecule has 1 heterocycles. The molecule has 0 radical (unpaired) electrons. The predicted octanol–water partition coefficient (Wildman–Crippen LogP) is 4.76. The Hall–Kier alpha value is -4.10. The first-order chi connectivity index (χ1) is 16.5. The van der Waals surface area contributed by atoms with Crippen LogP contribution in [0.15, 0.2) is 91.4 Å². The van der Waals surface area contributed by atoms with Gasteiger partial charge < -0.3 is 20.4 Å². The molecule has 2 amide bonds. The van der Waals surface area contributed by atoms with E-state index in [2.05, 4.69) is 20.6 Å². The molecule has 1 atom stereocenters. The van der Waals surface area contributed by atoms with Gasteiger partial charge in [-0.05, 0) is 54.1 Å². The molecule has 4 aromatic rings. The van der Waals surface area contributed by atoms with Crippen LogP contribution in [-0.2, 0) is 22.4 Å². The summed E-state index contributed by atoms with van der Waals surface area (Å²) in [5.74, 6) is 0.693. The van der Waals surface area contributed by atoms with Crippen LogP contribution in [0.4, 0.5) is 5.69 Å². The van der Waals surface area contributed by atoms with E-state index in [0.717, 1.165) is 5.56 Å². The van der Waals surface area contributed by atoms with E-state index in [9.17, 15) is 9.59 Å². The van der Waals surface area contributed by atoms with E-state index < -0.39 is 6.04 Å². The fraction of sp³-hybridized carbons (Fsp3) is 0.115. The van der Waals surface area contributed by atoms with Gasteiger partial charge in [0.15, 0.2) is 0 Å². The number of benzene rings is 3.